The van der Waals surface area contributed by atoms with Crippen LogP contribution in [0, 0.1) is 11.3 Å². The minimum Gasteiger partial charge on any atom is -0.490 e. The van der Waals surface area contributed by atoms with Crippen molar-refractivity contribution in [1.82, 2.24) is 14.6 Å². The fraction of sp³-hybridized carbons (Fsp3) is 0.429. The fourth-order valence-corrected chi connectivity index (χ4v) is 7.26. The summed E-state index contributed by atoms with van der Waals surface area (Å²) in [5, 5.41) is 10.4. The van der Waals surface area contributed by atoms with Gasteiger partial charge in [-0.3, -0.25) is 4.90 Å². The molecule has 1 N–H and O–H groups in total. The summed E-state index contributed by atoms with van der Waals surface area (Å²) < 4.78 is 39.8. The van der Waals surface area contributed by atoms with Crippen LogP contribution in [0.2, 0.25) is 0 Å². The second-order valence-corrected chi connectivity index (χ2v) is 12.8. The Kier molecular flexibility index (Phi) is 8.12. The van der Waals surface area contributed by atoms with Crippen LogP contribution >= 0.6 is 11.3 Å². The first-order chi connectivity index (χ1) is 18.3. The number of nitriles is 1. The molecule has 0 spiro atoms. The van der Waals surface area contributed by atoms with Gasteiger partial charge in [-0.25, -0.2) is 18.1 Å². The first-order valence-electron chi connectivity index (χ1n) is 12.9. The lowest BCUT2D eigenvalue weighted by molar-refractivity contribution is 0.0408. The maximum atomic E-state index is 12.9. The highest BCUT2D eigenvalue weighted by atomic mass is 32.2. The molecule has 0 saturated carbocycles. The van der Waals surface area contributed by atoms with Crippen LogP contribution in [-0.2, 0) is 21.2 Å². The number of fused-ring (bicyclic) bond motifs is 1. The number of hydrogen-bond donors (Lipinski definition) is 1. The minimum absolute atomic E-state index is 0.0161. The van der Waals surface area contributed by atoms with Crippen molar-refractivity contribution in [3.8, 4) is 32.8 Å². The van der Waals surface area contributed by atoms with E-state index in [1.807, 2.05) is 50.4 Å². The van der Waals surface area contributed by atoms with E-state index < -0.39 is 10.0 Å². The maximum absolute atomic E-state index is 12.9. The monoisotopic (exact) mass is 552 g/mol. The number of morpholine rings is 1. The second kappa shape index (κ2) is 11.5. The number of ether oxygens (including phenoxy) is 2. The number of nitrogens with one attached hydrogen (secondary N) is 1. The van der Waals surface area contributed by atoms with Crippen LogP contribution in [0.15, 0.2) is 42.6 Å². The average Bonchev–Trinajstić information content (AvgIpc) is 3.56. The Bertz CT molecular complexity index is 1440. The average molecular weight is 553 g/mol. The third kappa shape index (κ3) is 6.08. The lowest BCUT2D eigenvalue weighted by atomic mass is 10.0. The SMILES string of the molecule is CC(C)Oc1ccc(-c2ncc(-c3cccc4c3CC[C@@H]4NS(=O)(=O)CCN3CCOCC3)s2)cc1C#N. The third-order valence-corrected chi connectivity index (χ3v) is 9.30. The molecule has 1 aromatic heterocycles. The Labute approximate surface area is 228 Å². The van der Waals surface area contributed by atoms with Crippen molar-refractivity contribution >= 4 is 21.4 Å². The van der Waals surface area contributed by atoms with E-state index in [-0.39, 0.29) is 17.9 Å². The van der Waals surface area contributed by atoms with Crippen molar-refractivity contribution < 1.29 is 17.9 Å². The Morgan fingerprint density at radius 2 is 2.08 bits per heavy atom. The molecule has 0 radical (unpaired) electrons. The molecule has 1 saturated heterocycles. The van der Waals surface area contributed by atoms with Crippen molar-refractivity contribution in [2.45, 2.75) is 38.8 Å². The van der Waals surface area contributed by atoms with Gasteiger partial charge in [-0.1, -0.05) is 18.2 Å². The van der Waals surface area contributed by atoms with Crippen molar-refractivity contribution in [2.75, 3.05) is 38.6 Å². The van der Waals surface area contributed by atoms with Crippen LogP contribution in [0.3, 0.4) is 0 Å². The Balaban J connectivity index is 1.32. The van der Waals surface area contributed by atoms with Gasteiger partial charge in [0.25, 0.3) is 0 Å². The number of rotatable bonds is 9. The Hall–Kier alpha value is -2.81. The molecule has 2 aromatic carbocycles. The highest BCUT2D eigenvalue weighted by molar-refractivity contribution is 7.89. The largest absolute Gasteiger partial charge is 0.490 e. The topological polar surface area (TPSA) is 105 Å². The van der Waals surface area contributed by atoms with E-state index in [2.05, 4.69) is 26.7 Å². The van der Waals surface area contributed by atoms with Gasteiger partial charge in [-0.15, -0.1) is 11.3 Å². The maximum Gasteiger partial charge on any atom is 0.213 e. The van der Waals surface area contributed by atoms with Crippen LogP contribution in [0.25, 0.3) is 21.0 Å². The molecule has 2 aliphatic rings. The summed E-state index contributed by atoms with van der Waals surface area (Å²) in [6.07, 6.45) is 3.38. The van der Waals surface area contributed by atoms with Gasteiger partial charge in [0.15, 0.2) is 0 Å². The zero-order valence-electron chi connectivity index (χ0n) is 21.6. The minimum atomic E-state index is -3.41. The molecule has 0 bridgehead atoms. The van der Waals surface area contributed by atoms with Gasteiger partial charge in [-0.2, -0.15) is 5.26 Å². The van der Waals surface area contributed by atoms with Gasteiger partial charge in [-0.05, 0) is 61.6 Å². The Morgan fingerprint density at radius 1 is 1.26 bits per heavy atom. The summed E-state index contributed by atoms with van der Waals surface area (Å²) in [6, 6.07) is 13.7. The van der Waals surface area contributed by atoms with Gasteiger partial charge >= 0.3 is 0 Å². The van der Waals surface area contributed by atoms with E-state index >= 15 is 0 Å². The van der Waals surface area contributed by atoms with E-state index in [4.69, 9.17) is 9.47 Å². The lowest BCUT2D eigenvalue weighted by Gasteiger charge is -2.26. The van der Waals surface area contributed by atoms with Crippen LogP contribution in [0.4, 0.5) is 0 Å². The van der Waals surface area contributed by atoms with E-state index in [1.165, 1.54) is 5.56 Å². The quantitative estimate of drug-likeness (QED) is 0.420. The fourth-order valence-electron chi connectivity index (χ4n) is 5.00. The predicted octanol–water partition coefficient (Wildman–Crippen LogP) is 4.37. The molecule has 0 amide bonds. The Morgan fingerprint density at radius 3 is 2.84 bits per heavy atom. The van der Waals surface area contributed by atoms with Gasteiger partial charge in [0.05, 0.1) is 35.5 Å². The van der Waals surface area contributed by atoms with Crippen LogP contribution in [0.1, 0.15) is 43.0 Å². The first-order valence-corrected chi connectivity index (χ1v) is 15.4. The van der Waals surface area contributed by atoms with E-state index in [9.17, 15) is 13.7 Å². The second-order valence-electron chi connectivity index (χ2n) is 9.87. The normalized spacial score (nSPS) is 17.9. The van der Waals surface area contributed by atoms with Gasteiger partial charge in [0.2, 0.25) is 10.0 Å². The molecule has 1 fully saturated rings. The highest BCUT2D eigenvalue weighted by Gasteiger charge is 2.29. The zero-order chi connectivity index (χ0) is 26.7. The summed E-state index contributed by atoms with van der Waals surface area (Å²) >= 11 is 1.57. The molecule has 200 valence electrons. The van der Waals surface area contributed by atoms with Gasteiger partial charge < -0.3 is 9.47 Å². The third-order valence-electron chi connectivity index (χ3n) is 6.85. The molecule has 3 aromatic rings. The highest BCUT2D eigenvalue weighted by Crippen LogP contribution is 2.41. The van der Waals surface area contributed by atoms with E-state index in [0.717, 1.165) is 52.5 Å². The molecule has 38 heavy (non-hydrogen) atoms. The molecule has 1 atom stereocenters. The molecule has 2 heterocycles. The standard InChI is InChI=1S/C28H32N4O4S2/c1-19(2)36-26-9-6-20(16-21(26)17-29)28-30-18-27(37-28)24-5-3-4-23-22(24)7-8-25(23)31-38(33,34)15-12-32-10-13-35-14-11-32/h3-6,9,16,18-19,25,31H,7-8,10-15H2,1-2H3/t25-/m0/s1. The number of sulfonamides is 1. The summed E-state index contributed by atoms with van der Waals surface area (Å²) in [5.74, 6) is 0.657. The van der Waals surface area contributed by atoms with Crippen LogP contribution in [-0.4, -0.2) is 63.0 Å². The number of hydrogen-bond acceptors (Lipinski definition) is 8. The van der Waals surface area contributed by atoms with Crippen LogP contribution in [0.5, 0.6) is 5.75 Å². The summed E-state index contributed by atoms with van der Waals surface area (Å²) in [5.41, 5.74) is 4.64. The summed E-state index contributed by atoms with van der Waals surface area (Å²) in [7, 11) is -3.41. The molecular weight excluding hydrogens is 520 g/mol. The van der Waals surface area contributed by atoms with Gasteiger partial charge in [0.1, 0.15) is 16.8 Å². The van der Waals surface area contributed by atoms with Crippen molar-refractivity contribution in [3.05, 3.63) is 59.3 Å². The molecule has 1 aliphatic carbocycles. The predicted molar refractivity (Wildman–Crippen MR) is 149 cm³/mol. The van der Waals surface area contributed by atoms with E-state index in [1.54, 1.807) is 11.3 Å². The zero-order valence-corrected chi connectivity index (χ0v) is 23.3. The summed E-state index contributed by atoms with van der Waals surface area (Å²) in [6.45, 7) is 7.24. The molecular formula is C28H32N4O4S2. The number of benzene rings is 2. The lowest BCUT2D eigenvalue weighted by Crippen LogP contribution is -2.41. The molecule has 1 aliphatic heterocycles. The number of aromatic nitrogens is 1. The first kappa shape index (κ1) is 26.8. The molecule has 8 nitrogen and oxygen atoms in total. The molecule has 0 unspecified atom stereocenters. The molecule has 5 rings (SSSR count). The smallest absolute Gasteiger partial charge is 0.213 e. The van der Waals surface area contributed by atoms with Crippen molar-refractivity contribution in [2.24, 2.45) is 0 Å². The van der Waals surface area contributed by atoms with Crippen molar-refractivity contribution in [1.29, 1.82) is 5.26 Å². The van der Waals surface area contributed by atoms with Gasteiger partial charge in [0, 0.05) is 37.4 Å². The number of thiazole rings is 1. The van der Waals surface area contributed by atoms with Crippen LogP contribution < -0.4 is 9.46 Å². The number of nitrogens with zero attached hydrogens (tertiary/aromatic N) is 3. The summed E-state index contributed by atoms with van der Waals surface area (Å²) in [4.78, 5) is 7.80. The molecule has 10 heteroatoms. The van der Waals surface area contributed by atoms with Crippen molar-refractivity contribution in [3.63, 3.8) is 0 Å². The van der Waals surface area contributed by atoms with E-state index in [0.29, 0.717) is 31.1 Å².